The summed E-state index contributed by atoms with van der Waals surface area (Å²) < 4.78 is 37.3. The van der Waals surface area contributed by atoms with Crippen LogP contribution in [0.3, 0.4) is 0 Å². The monoisotopic (exact) mass is 315 g/mol. The van der Waals surface area contributed by atoms with Gasteiger partial charge in [-0.25, -0.2) is 4.79 Å². The van der Waals surface area contributed by atoms with Crippen LogP contribution in [0, 0.1) is 0 Å². The molecule has 1 aromatic carbocycles. The van der Waals surface area contributed by atoms with E-state index >= 15 is 0 Å². The smallest absolute Gasteiger partial charge is 0.416 e. The van der Waals surface area contributed by atoms with E-state index in [0.717, 1.165) is 25.0 Å². The standard InChI is InChI=1S/C15H16F3NO3/c16-15(17,18)11-5-3-10(4-6-11)9-12(20)19-14(13(21)22)7-1-2-8-14/h3-6H,1-2,7-9H2,(H,19,20)(H,21,22). The maximum absolute atomic E-state index is 12.4. The van der Waals surface area contributed by atoms with E-state index in [9.17, 15) is 27.9 Å². The van der Waals surface area contributed by atoms with Crippen molar-refractivity contribution in [3.63, 3.8) is 0 Å². The summed E-state index contributed by atoms with van der Waals surface area (Å²) >= 11 is 0. The molecule has 1 fully saturated rings. The zero-order chi connectivity index (χ0) is 16.4. The molecule has 1 saturated carbocycles. The number of halogens is 3. The van der Waals surface area contributed by atoms with Crippen LogP contribution in [0.2, 0.25) is 0 Å². The van der Waals surface area contributed by atoms with E-state index in [4.69, 9.17) is 0 Å². The Balaban J connectivity index is 2.01. The van der Waals surface area contributed by atoms with Gasteiger partial charge < -0.3 is 10.4 Å². The fourth-order valence-electron chi connectivity index (χ4n) is 2.68. The zero-order valence-electron chi connectivity index (χ0n) is 11.7. The van der Waals surface area contributed by atoms with E-state index in [-0.39, 0.29) is 6.42 Å². The average Bonchev–Trinajstić information content (AvgIpc) is 2.88. The summed E-state index contributed by atoms with van der Waals surface area (Å²) in [5.74, 6) is -1.56. The Hall–Kier alpha value is -2.05. The van der Waals surface area contributed by atoms with Crippen LogP contribution in [0.1, 0.15) is 36.8 Å². The maximum atomic E-state index is 12.4. The normalized spacial score (nSPS) is 17.2. The molecule has 1 aliphatic rings. The van der Waals surface area contributed by atoms with Gasteiger partial charge in [0.15, 0.2) is 0 Å². The molecule has 0 unspecified atom stereocenters. The fourth-order valence-corrected chi connectivity index (χ4v) is 2.68. The van der Waals surface area contributed by atoms with Gasteiger partial charge in [0.25, 0.3) is 0 Å². The highest BCUT2D eigenvalue weighted by Gasteiger charge is 2.42. The van der Waals surface area contributed by atoms with Gasteiger partial charge in [0.1, 0.15) is 5.54 Å². The Labute approximate surface area is 125 Å². The van der Waals surface area contributed by atoms with E-state index in [0.29, 0.717) is 18.4 Å². The minimum Gasteiger partial charge on any atom is -0.480 e. The molecule has 0 saturated heterocycles. The van der Waals surface area contributed by atoms with Crippen LogP contribution in [0.4, 0.5) is 13.2 Å². The molecule has 2 rings (SSSR count). The second kappa shape index (κ2) is 5.98. The SMILES string of the molecule is O=C(Cc1ccc(C(F)(F)F)cc1)NC1(C(=O)O)CCCC1. The summed E-state index contributed by atoms with van der Waals surface area (Å²) in [6.45, 7) is 0. The number of alkyl halides is 3. The number of carboxylic acids is 1. The molecular weight excluding hydrogens is 299 g/mol. The molecule has 0 aromatic heterocycles. The van der Waals surface area contributed by atoms with E-state index < -0.39 is 29.2 Å². The number of hydrogen-bond donors (Lipinski definition) is 2. The van der Waals surface area contributed by atoms with Crippen molar-refractivity contribution in [3.05, 3.63) is 35.4 Å². The Morgan fingerprint density at radius 2 is 1.68 bits per heavy atom. The summed E-state index contributed by atoms with van der Waals surface area (Å²) in [5.41, 5.74) is -1.61. The van der Waals surface area contributed by atoms with Gasteiger partial charge in [-0.3, -0.25) is 4.79 Å². The van der Waals surface area contributed by atoms with Crippen molar-refractivity contribution in [1.82, 2.24) is 5.32 Å². The number of rotatable bonds is 4. The Morgan fingerprint density at radius 1 is 1.14 bits per heavy atom. The van der Waals surface area contributed by atoms with Gasteiger partial charge in [-0.2, -0.15) is 13.2 Å². The van der Waals surface area contributed by atoms with Crippen LogP contribution in [0.15, 0.2) is 24.3 Å². The highest BCUT2D eigenvalue weighted by atomic mass is 19.4. The molecule has 2 N–H and O–H groups in total. The lowest BCUT2D eigenvalue weighted by atomic mass is 9.97. The van der Waals surface area contributed by atoms with Crippen LogP contribution in [-0.4, -0.2) is 22.5 Å². The molecule has 1 amide bonds. The minimum absolute atomic E-state index is 0.146. The number of carboxylic acid groups (broad SMARTS) is 1. The molecule has 0 spiro atoms. The number of aliphatic carboxylic acids is 1. The average molecular weight is 315 g/mol. The fraction of sp³-hybridized carbons (Fsp3) is 0.467. The third kappa shape index (κ3) is 3.58. The lowest BCUT2D eigenvalue weighted by molar-refractivity contribution is -0.147. The molecule has 0 bridgehead atoms. The molecular formula is C15H16F3NO3. The first-order valence-electron chi connectivity index (χ1n) is 6.93. The van der Waals surface area contributed by atoms with E-state index in [2.05, 4.69) is 5.32 Å². The van der Waals surface area contributed by atoms with Crippen molar-refractivity contribution < 1.29 is 27.9 Å². The lowest BCUT2D eigenvalue weighted by Crippen LogP contribution is -2.52. The van der Waals surface area contributed by atoms with Crippen LogP contribution in [-0.2, 0) is 22.2 Å². The molecule has 22 heavy (non-hydrogen) atoms. The van der Waals surface area contributed by atoms with E-state index in [1.54, 1.807) is 0 Å². The number of carbonyl (C=O) groups excluding carboxylic acids is 1. The predicted octanol–water partition coefficient (Wildman–Crippen LogP) is 2.76. The lowest BCUT2D eigenvalue weighted by Gasteiger charge is -2.25. The molecule has 0 heterocycles. The highest BCUT2D eigenvalue weighted by Crippen LogP contribution is 2.31. The zero-order valence-corrected chi connectivity index (χ0v) is 11.7. The number of amides is 1. The second-order valence-corrected chi connectivity index (χ2v) is 5.51. The molecule has 120 valence electrons. The first-order chi connectivity index (χ1) is 10.2. The third-order valence-electron chi connectivity index (χ3n) is 3.89. The number of benzene rings is 1. The molecule has 1 aliphatic carbocycles. The van der Waals surface area contributed by atoms with Crippen molar-refractivity contribution in [2.24, 2.45) is 0 Å². The van der Waals surface area contributed by atoms with Gasteiger partial charge in [0, 0.05) is 0 Å². The summed E-state index contributed by atoms with van der Waals surface area (Å²) in [7, 11) is 0. The first-order valence-corrected chi connectivity index (χ1v) is 6.93. The van der Waals surface area contributed by atoms with Gasteiger partial charge in [0.2, 0.25) is 5.91 Å². The first kappa shape index (κ1) is 16.3. The van der Waals surface area contributed by atoms with Crippen LogP contribution >= 0.6 is 0 Å². The number of carbonyl (C=O) groups is 2. The van der Waals surface area contributed by atoms with E-state index in [1.165, 1.54) is 12.1 Å². The van der Waals surface area contributed by atoms with Crippen molar-refractivity contribution in [3.8, 4) is 0 Å². The molecule has 0 atom stereocenters. The van der Waals surface area contributed by atoms with Crippen molar-refractivity contribution in [2.45, 2.75) is 43.8 Å². The second-order valence-electron chi connectivity index (χ2n) is 5.51. The maximum Gasteiger partial charge on any atom is 0.416 e. The highest BCUT2D eigenvalue weighted by molar-refractivity contribution is 5.88. The molecule has 4 nitrogen and oxygen atoms in total. The summed E-state index contributed by atoms with van der Waals surface area (Å²) in [5, 5.41) is 11.8. The van der Waals surface area contributed by atoms with Gasteiger partial charge in [0.05, 0.1) is 12.0 Å². The molecule has 1 aromatic rings. The molecule has 7 heteroatoms. The van der Waals surface area contributed by atoms with Crippen LogP contribution < -0.4 is 5.32 Å². The van der Waals surface area contributed by atoms with Crippen LogP contribution in [0.25, 0.3) is 0 Å². The molecule has 0 aliphatic heterocycles. The van der Waals surface area contributed by atoms with Crippen molar-refractivity contribution in [1.29, 1.82) is 0 Å². The Kier molecular flexibility index (Phi) is 4.44. The number of nitrogens with one attached hydrogen (secondary N) is 1. The third-order valence-corrected chi connectivity index (χ3v) is 3.89. The van der Waals surface area contributed by atoms with Crippen LogP contribution in [0.5, 0.6) is 0 Å². The quantitative estimate of drug-likeness (QED) is 0.898. The van der Waals surface area contributed by atoms with E-state index in [1.807, 2.05) is 0 Å². The minimum atomic E-state index is -4.42. The Morgan fingerprint density at radius 3 is 2.14 bits per heavy atom. The Bertz CT molecular complexity index is 560. The summed E-state index contributed by atoms with van der Waals surface area (Å²) in [6.07, 6.45) is -2.35. The van der Waals surface area contributed by atoms with Gasteiger partial charge in [-0.05, 0) is 30.5 Å². The predicted molar refractivity (Wildman–Crippen MR) is 72.1 cm³/mol. The van der Waals surface area contributed by atoms with Crippen molar-refractivity contribution >= 4 is 11.9 Å². The topological polar surface area (TPSA) is 66.4 Å². The van der Waals surface area contributed by atoms with Crippen molar-refractivity contribution in [2.75, 3.05) is 0 Å². The largest absolute Gasteiger partial charge is 0.480 e. The van der Waals surface area contributed by atoms with Gasteiger partial charge >= 0.3 is 12.1 Å². The number of hydrogen-bond acceptors (Lipinski definition) is 2. The molecule has 0 radical (unpaired) electrons. The summed E-state index contributed by atoms with van der Waals surface area (Å²) in [4.78, 5) is 23.3. The van der Waals surface area contributed by atoms with Gasteiger partial charge in [-0.15, -0.1) is 0 Å². The van der Waals surface area contributed by atoms with Gasteiger partial charge in [-0.1, -0.05) is 25.0 Å². The summed E-state index contributed by atoms with van der Waals surface area (Å²) in [6, 6.07) is 4.27.